The minimum Gasteiger partial charge on any atom is -0.490 e. The largest absolute Gasteiger partial charge is 0.490 e. The number of carboxylic acids is 1. The second-order valence-electron chi connectivity index (χ2n) is 13.6. The molecule has 0 radical (unpaired) electrons. The normalized spacial score (nSPS) is 30.3. The molecule has 9 nitrogen and oxygen atoms in total. The fourth-order valence-electron chi connectivity index (χ4n) is 8.11. The van der Waals surface area contributed by atoms with E-state index >= 15 is 0 Å². The summed E-state index contributed by atoms with van der Waals surface area (Å²) in [5.41, 5.74) is 1.53. The Morgan fingerprint density at radius 1 is 1.17 bits per heavy atom. The number of hydrogen-bond donors (Lipinski definition) is 2. The number of carbonyl (C=O) groups excluding carboxylic acids is 2. The van der Waals surface area contributed by atoms with Crippen molar-refractivity contribution in [3.8, 4) is 5.75 Å². The number of fused-ring (bicyclic) bond motifs is 4. The van der Waals surface area contributed by atoms with Crippen LogP contribution in [-0.2, 0) is 36.4 Å². The van der Waals surface area contributed by atoms with Gasteiger partial charge in [0.1, 0.15) is 11.2 Å². The van der Waals surface area contributed by atoms with Gasteiger partial charge in [-0.05, 0) is 91.3 Å². The smallest absolute Gasteiger partial charge is 0.317 e. The number of benzene rings is 2. The Morgan fingerprint density at radius 2 is 2.00 bits per heavy atom. The summed E-state index contributed by atoms with van der Waals surface area (Å²) in [6, 6.07) is 11.5. The first-order chi connectivity index (χ1) is 22.0. The molecule has 2 aromatic rings. The van der Waals surface area contributed by atoms with Crippen molar-refractivity contribution in [2.75, 3.05) is 45.3 Å². The molecule has 246 valence electrons. The van der Waals surface area contributed by atoms with Crippen molar-refractivity contribution in [2.24, 2.45) is 11.8 Å². The van der Waals surface area contributed by atoms with Crippen LogP contribution in [0.15, 0.2) is 48.6 Å². The Kier molecular flexibility index (Phi) is 9.09. The molecule has 1 fully saturated rings. The molecule has 1 saturated carbocycles. The van der Waals surface area contributed by atoms with Crippen LogP contribution < -0.4 is 9.64 Å². The zero-order valence-corrected chi connectivity index (χ0v) is 27.3. The molecule has 1 spiro atoms. The maximum atomic E-state index is 13.6. The molecule has 2 aliphatic heterocycles. The molecule has 10 heteroatoms. The Morgan fingerprint density at radius 3 is 2.74 bits per heavy atom. The van der Waals surface area contributed by atoms with Gasteiger partial charge in [-0.25, -0.2) is 0 Å². The van der Waals surface area contributed by atoms with E-state index in [0.29, 0.717) is 49.0 Å². The number of anilines is 1. The van der Waals surface area contributed by atoms with Crippen LogP contribution in [-0.4, -0.2) is 79.5 Å². The lowest BCUT2D eigenvalue weighted by Crippen LogP contribution is -2.49. The molecule has 2 aliphatic carbocycles. The van der Waals surface area contributed by atoms with Gasteiger partial charge in [-0.3, -0.25) is 14.4 Å². The third-order valence-electron chi connectivity index (χ3n) is 10.8. The molecule has 0 saturated heterocycles. The number of aliphatic carboxylic acids is 1. The van der Waals surface area contributed by atoms with Crippen molar-refractivity contribution in [3.05, 3.63) is 70.3 Å². The lowest BCUT2D eigenvalue weighted by Gasteiger charge is -2.45. The monoisotopic (exact) mass is 650 g/mol. The van der Waals surface area contributed by atoms with Crippen molar-refractivity contribution in [1.29, 1.82) is 0 Å². The van der Waals surface area contributed by atoms with Crippen LogP contribution in [0.3, 0.4) is 0 Å². The SMILES string of the molecule is COC(=O)[C@@]1(CC(=O)O)CC(=O)N(C)CC/C=C\[C@H](O)[C@@H]2CC[C@H]2CN2C[C@@]3(CCCc4cc(Cl)ccc43)COc3ccc1cc32. The highest BCUT2D eigenvalue weighted by Gasteiger charge is 2.48. The van der Waals surface area contributed by atoms with Crippen LogP contribution in [0.25, 0.3) is 0 Å². The van der Waals surface area contributed by atoms with Gasteiger partial charge in [-0.15, -0.1) is 0 Å². The van der Waals surface area contributed by atoms with Gasteiger partial charge < -0.3 is 29.5 Å². The van der Waals surface area contributed by atoms with Crippen LogP contribution >= 0.6 is 11.6 Å². The summed E-state index contributed by atoms with van der Waals surface area (Å²) in [5, 5.41) is 21.9. The van der Waals surface area contributed by atoms with E-state index in [4.69, 9.17) is 21.1 Å². The molecular formula is C36H43ClN2O7. The highest BCUT2D eigenvalue weighted by atomic mass is 35.5. The van der Waals surface area contributed by atoms with Crippen molar-refractivity contribution >= 4 is 35.1 Å². The number of halogens is 1. The Balaban J connectivity index is 1.51. The molecule has 0 aromatic heterocycles. The molecule has 0 unspecified atom stereocenters. The minimum atomic E-state index is -1.74. The van der Waals surface area contributed by atoms with E-state index in [2.05, 4.69) is 17.0 Å². The van der Waals surface area contributed by atoms with E-state index in [1.54, 1.807) is 19.2 Å². The van der Waals surface area contributed by atoms with E-state index < -0.39 is 29.9 Å². The predicted octanol–water partition coefficient (Wildman–Crippen LogP) is 4.89. The fourth-order valence-corrected chi connectivity index (χ4v) is 8.31. The number of nitrogens with zero attached hydrogens (tertiary/aromatic N) is 2. The number of hydrogen-bond acceptors (Lipinski definition) is 7. The average Bonchev–Trinajstić information content (AvgIpc) is 3.16. The summed E-state index contributed by atoms with van der Waals surface area (Å²) in [4.78, 5) is 43.4. The van der Waals surface area contributed by atoms with E-state index in [0.717, 1.165) is 37.8 Å². The molecule has 2 bridgehead atoms. The lowest BCUT2D eigenvalue weighted by atomic mass is 9.68. The Labute approximate surface area is 275 Å². The van der Waals surface area contributed by atoms with Crippen LogP contribution in [0.1, 0.15) is 61.6 Å². The zero-order valence-electron chi connectivity index (χ0n) is 26.5. The van der Waals surface area contributed by atoms with Crippen LogP contribution in [0.2, 0.25) is 5.02 Å². The number of carbonyl (C=O) groups is 3. The first-order valence-electron chi connectivity index (χ1n) is 16.3. The van der Waals surface area contributed by atoms with Gasteiger partial charge in [0.05, 0.1) is 31.9 Å². The minimum absolute atomic E-state index is 0.0916. The van der Waals surface area contributed by atoms with Crippen molar-refractivity contribution in [1.82, 2.24) is 4.90 Å². The van der Waals surface area contributed by atoms with Gasteiger partial charge in [-0.2, -0.15) is 0 Å². The maximum absolute atomic E-state index is 13.6. The Bertz CT molecular complexity index is 1540. The average molecular weight is 651 g/mol. The lowest BCUT2D eigenvalue weighted by molar-refractivity contribution is -0.155. The summed E-state index contributed by atoms with van der Waals surface area (Å²) in [5.74, 6) is -1.39. The van der Waals surface area contributed by atoms with Gasteiger partial charge in [0.15, 0.2) is 0 Å². The molecule has 4 aliphatic rings. The van der Waals surface area contributed by atoms with Crippen molar-refractivity contribution in [3.63, 3.8) is 0 Å². The molecule has 2 aromatic carbocycles. The summed E-state index contributed by atoms with van der Waals surface area (Å²) in [7, 11) is 2.86. The van der Waals surface area contributed by atoms with Gasteiger partial charge in [0.2, 0.25) is 5.91 Å². The second-order valence-corrected chi connectivity index (χ2v) is 14.1. The third kappa shape index (κ3) is 5.99. The van der Waals surface area contributed by atoms with Crippen LogP contribution in [0, 0.1) is 11.8 Å². The van der Waals surface area contributed by atoms with E-state index in [1.165, 1.54) is 23.1 Å². The number of esters is 1. The third-order valence-corrected chi connectivity index (χ3v) is 11.1. The number of aliphatic hydroxyl groups excluding tert-OH is 1. The molecule has 6 rings (SSSR count). The molecular weight excluding hydrogens is 608 g/mol. The summed E-state index contributed by atoms with van der Waals surface area (Å²) in [6.45, 7) is 2.11. The molecule has 46 heavy (non-hydrogen) atoms. The van der Waals surface area contributed by atoms with Gasteiger partial charge >= 0.3 is 11.9 Å². The van der Waals surface area contributed by atoms with Gasteiger partial charge in [-0.1, -0.05) is 35.9 Å². The first kappa shape index (κ1) is 32.4. The topological polar surface area (TPSA) is 117 Å². The molecule has 1 amide bonds. The number of methoxy groups -OCH3 is 1. The quantitative estimate of drug-likeness (QED) is 0.356. The number of ether oxygens (including phenoxy) is 2. The fraction of sp³-hybridized carbons (Fsp3) is 0.528. The van der Waals surface area contributed by atoms with Crippen LogP contribution in [0.5, 0.6) is 5.75 Å². The first-order valence-corrected chi connectivity index (χ1v) is 16.6. The number of aliphatic hydroxyl groups is 1. The maximum Gasteiger partial charge on any atom is 0.317 e. The van der Waals surface area contributed by atoms with Crippen molar-refractivity contribution < 1.29 is 34.1 Å². The summed E-state index contributed by atoms with van der Waals surface area (Å²) >= 11 is 6.42. The summed E-state index contributed by atoms with van der Waals surface area (Å²) < 4.78 is 11.9. The van der Waals surface area contributed by atoms with Crippen molar-refractivity contribution in [2.45, 2.75) is 68.3 Å². The standard InChI is InChI=1S/C36H43ClN2O7/c1-38-15-4-3-7-30(40)27-11-8-24(27)20-39-21-35(14-5-6-23-16-26(37)10-12-28(23)35)22-46-31-13-9-25(17-29(31)39)36(18-32(38)41,19-33(42)43)34(44)45-2/h3,7,9-10,12-13,16-17,24,27,30,40H,4-6,8,11,14-15,18-22H2,1-2H3,(H,42,43)/b7-3-/t24-,27+,30-,35-,36+/m0/s1. The zero-order chi connectivity index (χ0) is 32.6. The van der Waals surface area contributed by atoms with E-state index in [-0.39, 0.29) is 29.6 Å². The number of aryl methyl sites for hydroxylation is 1. The van der Waals surface area contributed by atoms with E-state index in [9.17, 15) is 24.6 Å². The van der Waals surface area contributed by atoms with Gasteiger partial charge in [0, 0.05) is 43.5 Å². The molecule has 5 atom stereocenters. The molecule has 2 heterocycles. The Hall–Kier alpha value is -3.56. The highest BCUT2D eigenvalue weighted by molar-refractivity contribution is 6.30. The number of amides is 1. The number of carboxylic acid groups (broad SMARTS) is 1. The van der Waals surface area contributed by atoms with Gasteiger partial charge in [0.25, 0.3) is 0 Å². The summed E-state index contributed by atoms with van der Waals surface area (Å²) in [6.07, 6.45) is 7.45. The predicted molar refractivity (Wildman–Crippen MR) is 174 cm³/mol. The van der Waals surface area contributed by atoms with Crippen LogP contribution in [0.4, 0.5) is 5.69 Å². The van der Waals surface area contributed by atoms with E-state index in [1.807, 2.05) is 24.3 Å². The highest BCUT2D eigenvalue weighted by Crippen LogP contribution is 2.48. The second kappa shape index (κ2) is 12.9. The number of rotatable bonds is 3. The molecule has 2 N–H and O–H groups in total.